The molecule has 3 atom stereocenters. The van der Waals surface area contributed by atoms with Crippen LogP contribution >= 0.6 is 0 Å². The summed E-state index contributed by atoms with van der Waals surface area (Å²) in [7, 11) is 4.40. The van der Waals surface area contributed by atoms with Crippen molar-refractivity contribution in [1.82, 2.24) is 0 Å². The largest absolute Gasteiger partial charge is 0.504 e. The molecular weight excluding hydrogens is 492 g/mol. The Hall–Kier alpha value is -4.11. The predicted octanol–water partition coefficient (Wildman–Crippen LogP) is 4.66. The van der Waals surface area contributed by atoms with E-state index in [-0.39, 0.29) is 24.0 Å². The van der Waals surface area contributed by atoms with Crippen molar-refractivity contribution in [1.29, 1.82) is 0 Å². The Bertz CT molecular complexity index is 1380. The fourth-order valence-corrected chi connectivity index (χ4v) is 5.24. The highest BCUT2D eigenvalue weighted by Crippen LogP contribution is 2.59. The smallest absolute Gasteiger partial charge is 0.338 e. The number of benzene rings is 3. The number of carbonyl (C=O) groups is 1. The van der Waals surface area contributed by atoms with Crippen molar-refractivity contribution >= 4 is 5.97 Å². The van der Waals surface area contributed by atoms with Crippen LogP contribution in [0.5, 0.6) is 34.5 Å². The van der Waals surface area contributed by atoms with E-state index >= 15 is 0 Å². The molecular formula is C29H30O9. The van der Waals surface area contributed by atoms with Gasteiger partial charge in [0.1, 0.15) is 5.60 Å². The van der Waals surface area contributed by atoms with Crippen LogP contribution in [0.25, 0.3) is 11.1 Å². The van der Waals surface area contributed by atoms with E-state index in [1.807, 2.05) is 6.92 Å². The summed E-state index contributed by atoms with van der Waals surface area (Å²) in [6.07, 6.45) is -0.826. The van der Waals surface area contributed by atoms with Crippen LogP contribution in [0.15, 0.2) is 42.5 Å². The summed E-state index contributed by atoms with van der Waals surface area (Å²) in [5, 5.41) is 22.7. The molecule has 38 heavy (non-hydrogen) atoms. The molecule has 0 saturated carbocycles. The second-order valence-corrected chi connectivity index (χ2v) is 9.59. The fourth-order valence-electron chi connectivity index (χ4n) is 5.24. The zero-order valence-corrected chi connectivity index (χ0v) is 21.9. The van der Waals surface area contributed by atoms with Gasteiger partial charge in [-0.25, -0.2) is 4.79 Å². The molecule has 200 valence electrons. The summed E-state index contributed by atoms with van der Waals surface area (Å²) in [4.78, 5) is 13.3. The van der Waals surface area contributed by atoms with Crippen LogP contribution in [-0.4, -0.2) is 49.9 Å². The number of hydrogen-bond donors (Lipinski definition) is 2. The van der Waals surface area contributed by atoms with Crippen LogP contribution in [0, 0.1) is 5.92 Å². The number of phenolic OH excluding ortho intramolecular Hbond substituents is 1. The molecule has 0 amide bonds. The van der Waals surface area contributed by atoms with Crippen molar-refractivity contribution in [2.45, 2.75) is 32.0 Å². The first-order valence-electron chi connectivity index (χ1n) is 12.2. The van der Waals surface area contributed by atoms with Gasteiger partial charge in [0, 0.05) is 16.7 Å². The summed E-state index contributed by atoms with van der Waals surface area (Å²) in [5.41, 5.74) is 0.948. The van der Waals surface area contributed by atoms with Gasteiger partial charge in [0.15, 0.2) is 29.1 Å². The molecule has 3 aromatic carbocycles. The van der Waals surface area contributed by atoms with E-state index in [9.17, 15) is 15.0 Å². The van der Waals surface area contributed by atoms with Gasteiger partial charge in [-0.05, 0) is 49.1 Å². The topological polar surface area (TPSA) is 113 Å². The highest BCUT2D eigenvalue weighted by atomic mass is 16.7. The van der Waals surface area contributed by atoms with E-state index in [0.717, 1.165) is 0 Å². The average Bonchev–Trinajstić information content (AvgIpc) is 3.38. The maximum absolute atomic E-state index is 13.3. The number of ether oxygens (including phenoxy) is 6. The Balaban J connectivity index is 1.85. The Morgan fingerprint density at radius 1 is 0.974 bits per heavy atom. The zero-order chi connectivity index (χ0) is 27.2. The second kappa shape index (κ2) is 9.64. The van der Waals surface area contributed by atoms with Gasteiger partial charge in [-0.3, -0.25) is 0 Å². The van der Waals surface area contributed by atoms with Gasteiger partial charge >= 0.3 is 5.97 Å². The van der Waals surface area contributed by atoms with Crippen LogP contribution in [0.2, 0.25) is 0 Å². The molecule has 0 fully saturated rings. The lowest BCUT2D eigenvalue weighted by Gasteiger charge is -2.41. The fraction of sp³-hybridized carbons (Fsp3) is 0.345. The summed E-state index contributed by atoms with van der Waals surface area (Å²) in [6.45, 7) is 3.46. The normalized spacial score (nSPS) is 21.4. The lowest BCUT2D eigenvalue weighted by molar-refractivity contribution is -0.107. The molecule has 0 unspecified atom stereocenters. The third-order valence-electron chi connectivity index (χ3n) is 7.38. The minimum atomic E-state index is -1.54. The lowest BCUT2D eigenvalue weighted by Crippen LogP contribution is -2.43. The quantitative estimate of drug-likeness (QED) is 0.462. The van der Waals surface area contributed by atoms with Gasteiger partial charge in [-0.2, -0.15) is 0 Å². The zero-order valence-electron chi connectivity index (χ0n) is 21.9. The third-order valence-corrected chi connectivity index (χ3v) is 7.38. The first-order chi connectivity index (χ1) is 18.2. The number of aromatic hydroxyl groups is 1. The highest BCUT2D eigenvalue weighted by Gasteiger charge is 2.47. The monoisotopic (exact) mass is 522 g/mol. The molecule has 0 saturated heterocycles. The maximum atomic E-state index is 13.3. The molecule has 0 spiro atoms. The van der Waals surface area contributed by atoms with Crippen LogP contribution in [0.3, 0.4) is 0 Å². The van der Waals surface area contributed by atoms with Gasteiger partial charge in [0.25, 0.3) is 0 Å². The minimum Gasteiger partial charge on any atom is -0.504 e. The van der Waals surface area contributed by atoms with Gasteiger partial charge in [-0.1, -0.05) is 25.1 Å². The van der Waals surface area contributed by atoms with Crippen molar-refractivity contribution in [2.75, 3.05) is 28.1 Å². The second-order valence-electron chi connectivity index (χ2n) is 9.59. The Morgan fingerprint density at radius 3 is 2.32 bits per heavy atom. The van der Waals surface area contributed by atoms with Gasteiger partial charge in [0.05, 0.1) is 26.9 Å². The first kappa shape index (κ1) is 25.5. The van der Waals surface area contributed by atoms with E-state index < -0.39 is 23.6 Å². The number of phenols is 1. The first-order valence-corrected chi connectivity index (χ1v) is 12.2. The molecule has 1 heterocycles. The standard InChI is InChI=1S/C29H30O9/c1-15-11-17-12-19(30)23(33-3)25(34-4)21(17)22-18(13-20-24(26(22)35-5)37-14-36-20)27(29(15,2)32)38-28(31)16-9-7-6-8-10-16/h6-10,12-13,15,27,30,32H,11,14H2,1-5H3/t15-,27-,29+/m0/s1. The molecule has 5 rings (SSSR count). The molecule has 2 N–H and O–H groups in total. The van der Waals surface area contributed by atoms with E-state index in [1.165, 1.54) is 21.3 Å². The number of rotatable bonds is 5. The van der Waals surface area contributed by atoms with Crippen LogP contribution in [0.1, 0.15) is 41.4 Å². The Morgan fingerprint density at radius 2 is 1.66 bits per heavy atom. The van der Waals surface area contributed by atoms with Crippen molar-refractivity contribution < 1.29 is 43.4 Å². The van der Waals surface area contributed by atoms with E-state index in [0.29, 0.717) is 51.5 Å². The van der Waals surface area contributed by atoms with Crippen molar-refractivity contribution in [3.63, 3.8) is 0 Å². The number of hydrogen-bond acceptors (Lipinski definition) is 9. The number of carbonyl (C=O) groups excluding carboxylic acids is 1. The molecule has 1 aliphatic carbocycles. The van der Waals surface area contributed by atoms with Crippen molar-refractivity contribution in [2.24, 2.45) is 5.92 Å². The van der Waals surface area contributed by atoms with E-state index in [4.69, 9.17) is 28.4 Å². The van der Waals surface area contributed by atoms with E-state index in [2.05, 4.69) is 0 Å². The lowest BCUT2D eigenvalue weighted by atomic mass is 9.73. The molecule has 3 aromatic rings. The Labute approximate surface area is 220 Å². The van der Waals surface area contributed by atoms with E-state index in [1.54, 1.807) is 49.4 Å². The average molecular weight is 523 g/mol. The van der Waals surface area contributed by atoms with Gasteiger partial charge < -0.3 is 38.6 Å². The van der Waals surface area contributed by atoms with Crippen LogP contribution in [-0.2, 0) is 11.2 Å². The maximum Gasteiger partial charge on any atom is 0.338 e. The molecule has 1 aliphatic heterocycles. The molecule has 0 radical (unpaired) electrons. The number of aliphatic hydroxyl groups is 1. The number of methoxy groups -OCH3 is 3. The van der Waals surface area contributed by atoms with Gasteiger partial charge in [0.2, 0.25) is 18.3 Å². The Kier molecular flexibility index (Phi) is 6.48. The minimum absolute atomic E-state index is 0.0290. The number of fused-ring (bicyclic) bond motifs is 4. The van der Waals surface area contributed by atoms with Crippen LogP contribution in [0.4, 0.5) is 0 Å². The summed E-state index contributed by atoms with van der Waals surface area (Å²) >= 11 is 0. The van der Waals surface area contributed by atoms with Crippen molar-refractivity contribution in [3.05, 3.63) is 59.2 Å². The summed E-state index contributed by atoms with van der Waals surface area (Å²) in [5.74, 6) is 0.331. The SMILES string of the molecule is COc1c(O)cc2c(c1OC)-c1c(cc3c(c1OC)OCO3)[C@H](OC(=O)c1ccccc1)[C@](C)(O)[C@@H](C)C2. The predicted molar refractivity (Wildman–Crippen MR) is 137 cm³/mol. The molecule has 9 heteroatoms. The highest BCUT2D eigenvalue weighted by molar-refractivity contribution is 5.91. The third kappa shape index (κ3) is 3.94. The summed E-state index contributed by atoms with van der Waals surface area (Å²) < 4.78 is 34.7. The van der Waals surface area contributed by atoms with Crippen LogP contribution < -0.4 is 23.7 Å². The van der Waals surface area contributed by atoms with Crippen molar-refractivity contribution in [3.8, 4) is 45.6 Å². The number of esters is 1. The molecule has 9 nitrogen and oxygen atoms in total. The molecule has 0 aromatic heterocycles. The molecule has 2 aliphatic rings. The molecule has 0 bridgehead atoms. The summed E-state index contributed by atoms with van der Waals surface area (Å²) in [6, 6.07) is 11.9. The van der Waals surface area contributed by atoms with Gasteiger partial charge in [-0.15, -0.1) is 0 Å².